The van der Waals surface area contributed by atoms with Gasteiger partial charge in [-0.1, -0.05) is 0 Å². The molecule has 0 aromatic heterocycles. The highest BCUT2D eigenvalue weighted by Crippen LogP contribution is 2.20. The Morgan fingerprint density at radius 2 is 2.00 bits per heavy atom. The van der Waals surface area contributed by atoms with Gasteiger partial charge in [-0.15, -0.1) is 0 Å². The topological polar surface area (TPSA) is 49.8 Å². The molecule has 1 N–H and O–H groups in total. The molecular formula is C11H19NO3. The highest BCUT2D eigenvalue weighted by Gasteiger charge is 2.25. The Morgan fingerprint density at radius 3 is 2.47 bits per heavy atom. The maximum Gasteiger partial charge on any atom is 0.306 e. The highest BCUT2D eigenvalue weighted by molar-refractivity contribution is 5.70. The number of hydrogen-bond donors (Lipinski definition) is 1. The molecule has 2 saturated heterocycles. The van der Waals surface area contributed by atoms with Crippen LogP contribution in [-0.2, 0) is 9.53 Å². The number of hydrogen-bond acceptors (Lipinski definition) is 3. The maximum absolute atomic E-state index is 10.7. The minimum atomic E-state index is -0.623. The molecule has 4 nitrogen and oxygen atoms in total. The molecule has 0 atom stereocenters. The molecule has 2 heterocycles. The molecular weight excluding hydrogens is 194 g/mol. The van der Waals surface area contributed by atoms with E-state index in [4.69, 9.17) is 9.84 Å². The summed E-state index contributed by atoms with van der Waals surface area (Å²) in [5.41, 5.74) is 0. The zero-order chi connectivity index (χ0) is 10.7. The number of aliphatic carboxylic acids is 1. The minimum Gasteiger partial charge on any atom is -0.481 e. The average Bonchev–Trinajstić information content (AvgIpc) is 2.16. The zero-order valence-corrected chi connectivity index (χ0v) is 9.02. The molecule has 4 heteroatoms. The summed E-state index contributed by atoms with van der Waals surface area (Å²) in [6.45, 7) is 4.85. The molecule has 0 bridgehead atoms. The van der Waals surface area contributed by atoms with Gasteiger partial charge in [-0.2, -0.15) is 0 Å². The summed E-state index contributed by atoms with van der Waals surface area (Å²) in [6.07, 6.45) is 2.84. The number of carboxylic acid groups (broad SMARTS) is 1. The fourth-order valence-electron chi connectivity index (χ4n) is 2.22. The van der Waals surface area contributed by atoms with Crippen molar-refractivity contribution < 1.29 is 14.6 Å². The van der Waals surface area contributed by atoms with Crippen LogP contribution in [0.25, 0.3) is 0 Å². The Labute approximate surface area is 90.2 Å². The van der Waals surface area contributed by atoms with Gasteiger partial charge in [0.05, 0.1) is 19.1 Å². The van der Waals surface area contributed by atoms with Crippen molar-refractivity contribution in [2.45, 2.75) is 19.3 Å². The van der Waals surface area contributed by atoms with Gasteiger partial charge in [0, 0.05) is 5.92 Å². The van der Waals surface area contributed by atoms with Crippen LogP contribution in [0.2, 0.25) is 0 Å². The van der Waals surface area contributed by atoms with Crippen LogP contribution < -0.4 is 0 Å². The number of likely N-dealkylation sites (tertiary alicyclic amines) is 1. The van der Waals surface area contributed by atoms with Crippen molar-refractivity contribution in [3.63, 3.8) is 0 Å². The Hall–Kier alpha value is -0.610. The lowest BCUT2D eigenvalue weighted by Crippen LogP contribution is -2.39. The Kier molecular flexibility index (Phi) is 3.59. The second-order valence-corrected chi connectivity index (χ2v) is 4.65. The summed E-state index contributed by atoms with van der Waals surface area (Å²) in [6, 6.07) is 0. The number of nitrogens with zero attached hydrogens (tertiary/aromatic N) is 1. The number of carbonyl (C=O) groups is 1. The molecule has 15 heavy (non-hydrogen) atoms. The van der Waals surface area contributed by atoms with E-state index in [2.05, 4.69) is 4.90 Å². The van der Waals surface area contributed by atoms with Crippen LogP contribution in [0.15, 0.2) is 0 Å². The molecule has 86 valence electrons. The van der Waals surface area contributed by atoms with Crippen molar-refractivity contribution in [1.82, 2.24) is 4.90 Å². The van der Waals surface area contributed by atoms with Crippen LogP contribution in [-0.4, -0.2) is 48.8 Å². The van der Waals surface area contributed by atoms with E-state index in [-0.39, 0.29) is 5.92 Å². The van der Waals surface area contributed by atoms with E-state index in [9.17, 15) is 4.79 Å². The Balaban J connectivity index is 1.62. The first-order valence-corrected chi connectivity index (χ1v) is 5.78. The van der Waals surface area contributed by atoms with Gasteiger partial charge < -0.3 is 14.7 Å². The molecule has 2 aliphatic heterocycles. The van der Waals surface area contributed by atoms with E-state index >= 15 is 0 Å². The van der Waals surface area contributed by atoms with E-state index in [1.165, 1.54) is 6.42 Å². The molecule has 0 radical (unpaired) electrons. The van der Waals surface area contributed by atoms with Crippen molar-refractivity contribution in [2.75, 3.05) is 32.8 Å². The van der Waals surface area contributed by atoms with Gasteiger partial charge in [-0.25, -0.2) is 0 Å². The molecule has 2 aliphatic rings. The molecule has 0 saturated carbocycles. The second-order valence-electron chi connectivity index (χ2n) is 4.65. The Bertz CT molecular complexity index is 220. The standard InChI is InChI=1S/C11H19NO3/c13-11(14)10-2-5-12(6-3-10)4-1-9-7-15-8-9/h9-10H,1-8H2,(H,13,14). The van der Waals surface area contributed by atoms with Crippen LogP contribution in [0.3, 0.4) is 0 Å². The van der Waals surface area contributed by atoms with E-state index < -0.39 is 5.97 Å². The SMILES string of the molecule is O=C(O)C1CCN(CCC2COC2)CC1. The third-order valence-electron chi connectivity index (χ3n) is 3.50. The van der Waals surface area contributed by atoms with Crippen molar-refractivity contribution >= 4 is 5.97 Å². The van der Waals surface area contributed by atoms with E-state index in [0.717, 1.165) is 51.6 Å². The van der Waals surface area contributed by atoms with Gasteiger partial charge >= 0.3 is 5.97 Å². The van der Waals surface area contributed by atoms with Crippen molar-refractivity contribution in [3.8, 4) is 0 Å². The summed E-state index contributed by atoms with van der Waals surface area (Å²) in [4.78, 5) is 13.1. The lowest BCUT2D eigenvalue weighted by molar-refractivity contribution is -0.143. The van der Waals surface area contributed by atoms with Crippen molar-refractivity contribution in [2.24, 2.45) is 11.8 Å². The Morgan fingerprint density at radius 1 is 1.33 bits per heavy atom. The second kappa shape index (κ2) is 4.94. The van der Waals surface area contributed by atoms with Gasteiger partial charge in [0.1, 0.15) is 0 Å². The third-order valence-corrected chi connectivity index (χ3v) is 3.50. The summed E-state index contributed by atoms with van der Waals surface area (Å²) in [5.74, 6) is 0.0255. The summed E-state index contributed by atoms with van der Waals surface area (Å²) in [5, 5.41) is 8.85. The number of ether oxygens (including phenoxy) is 1. The molecule has 0 spiro atoms. The highest BCUT2D eigenvalue weighted by atomic mass is 16.5. The van der Waals surface area contributed by atoms with Crippen LogP contribution in [0, 0.1) is 11.8 Å². The van der Waals surface area contributed by atoms with E-state index in [0.29, 0.717) is 0 Å². The van der Waals surface area contributed by atoms with E-state index in [1.54, 1.807) is 0 Å². The predicted molar refractivity (Wildman–Crippen MR) is 55.7 cm³/mol. The molecule has 0 unspecified atom stereocenters. The summed E-state index contributed by atoms with van der Waals surface area (Å²) >= 11 is 0. The fourth-order valence-corrected chi connectivity index (χ4v) is 2.22. The lowest BCUT2D eigenvalue weighted by Gasteiger charge is -2.33. The summed E-state index contributed by atoms with van der Waals surface area (Å²) < 4.78 is 5.13. The number of rotatable bonds is 4. The van der Waals surface area contributed by atoms with Gasteiger partial charge in [-0.3, -0.25) is 4.79 Å². The van der Waals surface area contributed by atoms with Crippen LogP contribution in [0.5, 0.6) is 0 Å². The number of piperidine rings is 1. The van der Waals surface area contributed by atoms with E-state index in [1.807, 2.05) is 0 Å². The van der Waals surface area contributed by atoms with Gasteiger partial charge in [-0.05, 0) is 38.9 Å². The number of carboxylic acids is 1. The molecule has 0 aliphatic carbocycles. The van der Waals surface area contributed by atoms with Crippen LogP contribution in [0.1, 0.15) is 19.3 Å². The zero-order valence-electron chi connectivity index (χ0n) is 9.02. The molecule has 0 aromatic carbocycles. The third kappa shape index (κ3) is 2.92. The molecule has 0 aromatic rings. The fraction of sp³-hybridized carbons (Fsp3) is 0.909. The first-order chi connectivity index (χ1) is 7.25. The molecule has 2 rings (SSSR count). The van der Waals surface area contributed by atoms with Gasteiger partial charge in [0.2, 0.25) is 0 Å². The largest absolute Gasteiger partial charge is 0.481 e. The normalized spacial score (nSPS) is 25.1. The van der Waals surface area contributed by atoms with Gasteiger partial charge in [0.15, 0.2) is 0 Å². The monoisotopic (exact) mass is 213 g/mol. The predicted octanol–water partition coefficient (Wildman–Crippen LogP) is 0.819. The molecule has 0 amide bonds. The van der Waals surface area contributed by atoms with Crippen LogP contribution >= 0.6 is 0 Å². The van der Waals surface area contributed by atoms with Crippen LogP contribution in [0.4, 0.5) is 0 Å². The lowest BCUT2D eigenvalue weighted by atomic mass is 9.96. The van der Waals surface area contributed by atoms with Gasteiger partial charge in [0.25, 0.3) is 0 Å². The smallest absolute Gasteiger partial charge is 0.306 e. The average molecular weight is 213 g/mol. The molecule has 2 fully saturated rings. The minimum absolute atomic E-state index is 0.103. The first kappa shape index (κ1) is 10.9. The van der Waals surface area contributed by atoms with Crippen molar-refractivity contribution in [1.29, 1.82) is 0 Å². The quantitative estimate of drug-likeness (QED) is 0.751. The van der Waals surface area contributed by atoms with Crippen molar-refractivity contribution in [3.05, 3.63) is 0 Å². The maximum atomic E-state index is 10.7. The first-order valence-electron chi connectivity index (χ1n) is 5.78. The summed E-state index contributed by atoms with van der Waals surface area (Å²) in [7, 11) is 0.